The first kappa shape index (κ1) is 21.4. The monoisotopic (exact) mass is 479 g/mol. The summed E-state index contributed by atoms with van der Waals surface area (Å²) in [5.74, 6) is 2.43. The zero-order chi connectivity index (χ0) is 21.6. The van der Waals surface area contributed by atoms with Gasteiger partial charge in [-0.05, 0) is 63.8 Å². The molecule has 1 aromatic heterocycles. The summed E-state index contributed by atoms with van der Waals surface area (Å²) in [7, 11) is 1.67. The molecule has 4 rings (SSSR count). The van der Waals surface area contributed by atoms with Crippen molar-refractivity contribution in [2.45, 2.75) is 26.5 Å². The van der Waals surface area contributed by atoms with E-state index in [0.717, 1.165) is 63.5 Å². The molecule has 0 radical (unpaired) electrons. The van der Waals surface area contributed by atoms with Crippen molar-refractivity contribution < 1.29 is 9.47 Å². The Hall–Kier alpha value is -2.83. The summed E-state index contributed by atoms with van der Waals surface area (Å²) in [4.78, 5) is 7.99. The van der Waals surface area contributed by atoms with Gasteiger partial charge in [-0.3, -0.25) is 0 Å². The lowest BCUT2D eigenvalue weighted by atomic mass is 10.1. The van der Waals surface area contributed by atoms with Gasteiger partial charge in [0, 0.05) is 19.5 Å². The largest absolute Gasteiger partial charge is 0.493 e. The van der Waals surface area contributed by atoms with Gasteiger partial charge >= 0.3 is 0 Å². The fourth-order valence-electron chi connectivity index (χ4n) is 3.50. The Balaban J connectivity index is 1.35. The highest BCUT2D eigenvalue weighted by Gasteiger charge is 2.13. The number of H-pyrrole nitrogens is 1. The van der Waals surface area contributed by atoms with Crippen LogP contribution in [0.4, 0.5) is 0 Å². The molecule has 0 aliphatic carbocycles. The third kappa shape index (κ3) is 5.27. The van der Waals surface area contributed by atoms with Crippen LogP contribution in [0.5, 0.6) is 11.5 Å². The molecule has 0 amide bonds. The Kier molecular flexibility index (Phi) is 6.89. The van der Waals surface area contributed by atoms with Crippen molar-refractivity contribution in [2.24, 2.45) is 0 Å². The third-order valence-electron chi connectivity index (χ3n) is 5.23. The van der Waals surface area contributed by atoms with E-state index in [1.54, 1.807) is 7.11 Å². The molecule has 4 aromatic rings. The van der Waals surface area contributed by atoms with Crippen molar-refractivity contribution in [2.75, 3.05) is 13.7 Å². The number of hydrogen-bond donors (Lipinski definition) is 2. The highest BCUT2D eigenvalue weighted by atomic mass is 79.9. The molecular formula is C25H26BrN3O2. The van der Waals surface area contributed by atoms with Gasteiger partial charge in [-0.25, -0.2) is 4.98 Å². The van der Waals surface area contributed by atoms with E-state index in [9.17, 15) is 0 Å². The molecule has 3 aromatic carbocycles. The molecule has 2 N–H and O–H groups in total. The van der Waals surface area contributed by atoms with E-state index < -0.39 is 0 Å². The summed E-state index contributed by atoms with van der Waals surface area (Å²) in [6, 6.07) is 20.4. The van der Waals surface area contributed by atoms with Crippen LogP contribution in [0.15, 0.2) is 65.1 Å². The normalized spacial score (nSPS) is 11.1. The van der Waals surface area contributed by atoms with E-state index in [2.05, 4.69) is 56.3 Å². The van der Waals surface area contributed by atoms with Crippen LogP contribution in [0.2, 0.25) is 0 Å². The first-order chi connectivity index (χ1) is 15.1. The summed E-state index contributed by atoms with van der Waals surface area (Å²) in [5.41, 5.74) is 5.58. The van der Waals surface area contributed by atoms with Gasteiger partial charge in [-0.2, -0.15) is 0 Å². The maximum absolute atomic E-state index is 6.09. The van der Waals surface area contributed by atoms with Crippen LogP contribution in [0.3, 0.4) is 0 Å². The minimum Gasteiger partial charge on any atom is -0.493 e. The Morgan fingerprint density at radius 1 is 1.06 bits per heavy atom. The van der Waals surface area contributed by atoms with Gasteiger partial charge in [0.2, 0.25) is 0 Å². The number of rotatable bonds is 9. The van der Waals surface area contributed by atoms with Crippen molar-refractivity contribution in [1.29, 1.82) is 0 Å². The number of benzene rings is 3. The smallest absolute Gasteiger partial charge is 0.175 e. The lowest BCUT2D eigenvalue weighted by molar-refractivity contribution is 0.281. The molecule has 160 valence electrons. The van der Waals surface area contributed by atoms with Gasteiger partial charge < -0.3 is 19.8 Å². The summed E-state index contributed by atoms with van der Waals surface area (Å²) in [5, 5.41) is 3.48. The quantitative estimate of drug-likeness (QED) is 0.308. The molecule has 6 heteroatoms. The number of fused-ring (bicyclic) bond motifs is 1. The standard InChI is InChI=1S/C25H26BrN3O2/c1-17-7-3-4-8-19(17)16-31-25-20(26)13-18(14-23(25)30-2)15-27-12-11-24-28-21-9-5-6-10-22(21)29-24/h3-10,13-14,27H,11-12,15-16H2,1-2H3,(H,28,29). The zero-order valence-electron chi connectivity index (χ0n) is 17.7. The van der Waals surface area contributed by atoms with Crippen LogP contribution in [0, 0.1) is 6.92 Å². The van der Waals surface area contributed by atoms with Crippen LogP contribution in [0.1, 0.15) is 22.5 Å². The highest BCUT2D eigenvalue weighted by Crippen LogP contribution is 2.37. The molecule has 1 heterocycles. The van der Waals surface area contributed by atoms with Crippen LogP contribution in [0.25, 0.3) is 11.0 Å². The van der Waals surface area contributed by atoms with Crippen molar-refractivity contribution in [3.63, 3.8) is 0 Å². The number of hydrogen-bond acceptors (Lipinski definition) is 4. The maximum Gasteiger partial charge on any atom is 0.175 e. The molecule has 5 nitrogen and oxygen atoms in total. The number of halogens is 1. The molecule has 0 bridgehead atoms. The van der Waals surface area contributed by atoms with E-state index in [-0.39, 0.29) is 0 Å². The van der Waals surface area contributed by atoms with E-state index in [0.29, 0.717) is 6.61 Å². The molecule has 0 aliphatic heterocycles. The zero-order valence-corrected chi connectivity index (χ0v) is 19.3. The van der Waals surface area contributed by atoms with Crippen LogP contribution in [-0.4, -0.2) is 23.6 Å². The molecule has 0 aliphatic rings. The van der Waals surface area contributed by atoms with Crippen LogP contribution < -0.4 is 14.8 Å². The lowest BCUT2D eigenvalue weighted by Gasteiger charge is -2.15. The lowest BCUT2D eigenvalue weighted by Crippen LogP contribution is -2.17. The van der Waals surface area contributed by atoms with Gasteiger partial charge in [-0.15, -0.1) is 0 Å². The molecule has 0 fully saturated rings. The third-order valence-corrected chi connectivity index (χ3v) is 5.82. The number of imidazole rings is 1. The summed E-state index contributed by atoms with van der Waals surface area (Å²) >= 11 is 3.65. The molecule has 0 saturated heterocycles. The molecule has 0 atom stereocenters. The van der Waals surface area contributed by atoms with Gasteiger partial charge in [-0.1, -0.05) is 36.4 Å². The first-order valence-electron chi connectivity index (χ1n) is 10.3. The van der Waals surface area contributed by atoms with E-state index in [1.807, 2.05) is 42.5 Å². The predicted molar refractivity (Wildman–Crippen MR) is 128 cm³/mol. The fraction of sp³-hybridized carbons (Fsp3) is 0.240. The van der Waals surface area contributed by atoms with E-state index in [4.69, 9.17) is 9.47 Å². The van der Waals surface area contributed by atoms with Crippen LogP contribution >= 0.6 is 15.9 Å². The van der Waals surface area contributed by atoms with E-state index in [1.165, 1.54) is 5.56 Å². The number of aryl methyl sites for hydroxylation is 1. The summed E-state index contributed by atoms with van der Waals surface area (Å²) in [6.07, 6.45) is 0.838. The first-order valence-corrected chi connectivity index (χ1v) is 11.1. The second-order valence-corrected chi connectivity index (χ2v) is 8.31. The minimum absolute atomic E-state index is 0.497. The number of aromatic amines is 1. The average molecular weight is 480 g/mol. The van der Waals surface area contributed by atoms with Gasteiger partial charge in [0.15, 0.2) is 11.5 Å². The van der Waals surface area contributed by atoms with Gasteiger partial charge in [0.1, 0.15) is 12.4 Å². The topological polar surface area (TPSA) is 59.2 Å². The van der Waals surface area contributed by atoms with Crippen molar-refractivity contribution in [3.8, 4) is 11.5 Å². The predicted octanol–water partition coefficient (Wildman–Crippen LogP) is 5.55. The second kappa shape index (κ2) is 9.98. The minimum atomic E-state index is 0.497. The number of methoxy groups -OCH3 is 1. The Labute approximate surface area is 190 Å². The number of ether oxygens (including phenoxy) is 2. The number of aromatic nitrogens is 2. The van der Waals surface area contributed by atoms with Gasteiger partial charge in [0.25, 0.3) is 0 Å². The van der Waals surface area contributed by atoms with Crippen molar-refractivity contribution in [3.05, 3.63) is 87.7 Å². The molecular weight excluding hydrogens is 454 g/mol. The number of nitrogens with one attached hydrogen (secondary N) is 2. The Morgan fingerprint density at radius 3 is 2.68 bits per heavy atom. The number of nitrogens with zero attached hydrogens (tertiary/aromatic N) is 1. The highest BCUT2D eigenvalue weighted by molar-refractivity contribution is 9.10. The Bertz CT molecular complexity index is 1140. The van der Waals surface area contributed by atoms with Crippen molar-refractivity contribution >= 4 is 27.0 Å². The summed E-state index contributed by atoms with van der Waals surface area (Å²) < 4.78 is 12.6. The van der Waals surface area contributed by atoms with E-state index >= 15 is 0 Å². The van der Waals surface area contributed by atoms with Gasteiger partial charge in [0.05, 0.1) is 22.6 Å². The second-order valence-electron chi connectivity index (χ2n) is 7.45. The summed E-state index contributed by atoms with van der Waals surface area (Å²) in [6.45, 7) is 4.14. The molecule has 31 heavy (non-hydrogen) atoms. The maximum atomic E-state index is 6.09. The van der Waals surface area contributed by atoms with Crippen molar-refractivity contribution in [1.82, 2.24) is 15.3 Å². The fourth-order valence-corrected chi connectivity index (χ4v) is 4.10. The average Bonchev–Trinajstić information content (AvgIpc) is 3.19. The SMILES string of the molecule is COc1cc(CNCCc2nc3ccccc3[nH]2)cc(Br)c1OCc1ccccc1C. The molecule has 0 saturated carbocycles. The van der Waals surface area contributed by atoms with Crippen LogP contribution in [-0.2, 0) is 19.6 Å². The Morgan fingerprint density at radius 2 is 1.87 bits per heavy atom. The number of para-hydroxylation sites is 2. The molecule has 0 unspecified atom stereocenters. The molecule has 0 spiro atoms.